The predicted molar refractivity (Wildman–Crippen MR) is 120 cm³/mol. The van der Waals surface area contributed by atoms with E-state index in [1.54, 1.807) is 12.1 Å². The number of carbonyl (C=O) groups excluding carboxylic acids is 1. The Morgan fingerprint density at radius 3 is 2.62 bits per heavy atom. The first-order chi connectivity index (χ1) is 15.3. The van der Waals surface area contributed by atoms with Gasteiger partial charge < -0.3 is 13.9 Å². The molecule has 9 heteroatoms. The van der Waals surface area contributed by atoms with E-state index >= 15 is 0 Å². The number of esters is 1. The van der Waals surface area contributed by atoms with Crippen LogP contribution in [0, 0.1) is 0 Å². The summed E-state index contributed by atoms with van der Waals surface area (Å²) in [5.41, 5.74) is 1.94. The second kappa shape index (κ2) is 9.80. The van der Waals surface area contributed by atoms with Crippen LogP contribution in [-0.4, -0.2) is 28.5 Å². The molecule has 0 saturated carbocycles. The van der Waals surface area contributed by atoms with Gasteiger partial charge in [-0.25, -0.2) is 22.7 Å². The van der Waals surface area contributed by atoms with E-state index < -0.39 is 21.6 Å². The number of sulfonamides is 1. The van der Waals surface area contributed by atoms with Crippen molar-refractivity contribution in [2.45, 2.75) is 24.8 Å². The summed E-state index contributed by atoms with van der Waals surface area (Å²) in [4.78, 5) is 24.0. The number of carbonyl (C=O) groups is 1. The molecule has 0 atom stereocenters. The molecule has 8 nitrogen and oxygen atoms in total. The maximum absolute atomic E-state index is 12.2. The Morgan fingerprint density at radius 2 is 1.94 bits per heavy atom. The molecular weight excluding hydrogens is 434 g/mol. The van der Waals surface area contributed by atoms with Gasteiger partial charge in [0.2, 0.25) is 10.0 Å². The van der Waals surface area contributed by atoms with Crippen molar-refractivity contribution >= 4 is 33.0 Å². The predicted octanol–water partition coefficient (Wildman–Crippen LogP) is 3.03. The summed E-state index contributed by atoms with van der Waals surface area (Å²) in [6.07, 6.45) is 3.41. The van der Waals surface area contributed by atoms with E-state index in [1.165, 1.54) is 44.5 Å². The second-order valence-electron chi connectivity index (χ2n) is 6.83. The van der Waals surface area contributed by atoms with Gasteiger partial charge in [0.15, 0.2) is 0 Å². The first-order valence-corrected chi connectivity index (χ1v) is 11.3. The molecule has 3 aromatic rings. The molecule has 32 heavy (non-hydrogen) atoms. The van der Waals surface area contributed by atoms with Crippen LogP contribution in [0.15, 0.2) is 62.6 Å². The molecule has 2 aromatic carbocycles. The van der Waals surface area contributed by atoms with Crippen LogP contribution in [0.2, 0.25) is 0 Å². The summed E-state index contributed by atoms with van der Waals surface area (Å²) in [7, 11) is -1.08. The van der Waals surface area contributed by atoms with Crippen LogP contribution < -0.4 is 15.1 Å². The highest BCUT2D eigenvalue weighted by molar-refractivity contribution is 7.89. The summed E-state index contributed by atoms with van der Waals surface area (Å²) < 4.78 is 42.2. The van der Waals surface area contributed by atoms with E-state index in [9.17, 15) is 18.0 Å². The fourth-order valence-electron chi connectivity index (χ4n) is 3.09. The smallest absolute Gasteiger partial charge is 0.336 e. The third-order valence-electron chi connectivity index (χ3n) is 4.83. The molecule has 0 aliphatic rings. The van der Waals surface area contributed by atoms with Crippen molar-refractivity contribution in [3.63, 3.8) is 0 Å². The Morgan fingerprint density at radius 1 is 1.16 bits per heavy atom. The van der Waals surface area contributed by atoms with Gasteiger partial charge in [-0.2, -0.15) is 0 Å². The summed E-state index contributed by atoms with van der Waals surface area (Å²) >= 11 is 0. The van der Waals surface area contributed by atoms with E-state index in [0.717, 1.165) is 12.0 Å². The van der Waals surface area contributed by atoms with Gasteiger partial charge in [-0.1, -0.05) is 25.1 Å². The quantitative estimate of drug-likeness (QED) is 0.314. The number of aryl methyl sites for hydroxylation is 1. The van der Waals surface area contributed by atoms with Gasteiger partial charge in [0.25, 0.3) is 0 Å². The average molecular weight is 458 g/mol. The van der Waals surface area contributed by atoms with Crippen LogP contribution in [0.25, 0.3) is 17.0 Å². The summed E-state index contributed by atoms with van der Waals surface area (Å²) in [6, 6.07) is 11.3. The number of hydrogen-bond acceptors (Lipinski definition) is 7. The normalized spacial score (nSPS) is 11.7. The molecule has 0 amide bonds. The van der Waals surface area contributed by atoms with Crippen LogP contribution in [0.1, 0.15) is 23.6 Å². The molecule has 0 bridgehead atoms. The highest BCUT2D eigenvalue weighted by Gasteiger charge is 2.17. The Balaban J connectivity index is 1.77. The lowest BCUT2D eigenvalue weighted by atomic mass is 10.1. The van der Waals surface area contributed by atoms with Crippen molar-refractivity contribution in [2.75, 3.05) is 14.2 Å². The van der Waals surface area contributed by atoms with Gasteiger partial charge in [-0.15, -0.1) is 0 Å². The lowest BCUT2D eigenvalue weighted by molar-refractivity contribution is -0.138. The molecule has 0 aliphatic carbocycles. The third kappa shape index (κ3) is 5.24. The monoisotopic (exact) mass is 457 g/mol. The van der Waals surface area contributed by atoms with Gasteiger partial charge >= 0.3 is 11.6 Å². The third-order valence-corrected chi connectivity index (χ3v) is 6.27. The van der Waals surface area contributed by atoms with Crippen LogP contribution in [0.5, 0.6) is 5.75 Å². The van der Waals surface area contributed by atoms with Crippen LogP contribution in [0.4, 0.5) is 0 Å². The van der Waals surface area contributed by atoms with Gasteiger partial charge in [0, 0.05) is 23.1 Å². The number of rotatable bonds is 8. The van der Waals surface area contributed by atoms with E-state index in [0.29, 0.717) is 22.1 Å². The number of hydrogen-bond donors (Lipinski definition) is 1. The molecule has 0 radical (unpaired) electrons. The minimum absolute atomic E-state index is 0.0491. The zero-order chi connectivity index (χ0) is 23.3. The first kappa shape index (κ1) is 23.2. The topological polar surface area (TPSA) is 112 Å². The molecule has 1 heterocycles. The van der Waals surface area contributed by atoms with E-state index in [-0.39, 0.29) is 17.3 Å². The molecule has 3 rings (SSSR count). The number of nitrogens with one attached hydrogen (secondary N) is 1. The van der Waals surface area contributed by atoms with Gasteiger partial charge in [-0.05, 0) is 48.9 Å². The molecule has 1 N–H and O–H groups in total. The van der Waals surface area contributed by atoms with Crippen molar-refractivity contribution in [1.29, 1.82) is 0 Å². The second-order valence-corrected chi connectivity index (χ2v) is 8.69. The molecule has 0 aliphatic heterocycles. The SMILES string of the molecule is CCc1ccc2c(COC(=O)/C=C/c3ccc(OC)c(S(=O)(=O)NC)c3)cc(=O)oc2c1. The van der Waals surface area contributed by atoms with Gasteiger partial charge in [-0.3, -0.25) is 0 Å². The number of methoxy groups -OCH3 is 1. The molecule has 1 aromatic heterocycles. The number of ether oxygens (including phenoxy) is 2. The largest absolute Gasteiger partial charge is 0.495 e. The maximum Gasteiger partial charge on any atom is 0.336 e. The Kier molecular flexibility index (Phi) is 7.12. The van der Waals surface area contributed by atoms with E-state index in [1.807, 2.05) is 19.1 Å². The molecule has 0 saturated heterocycles. The lowest BCUT2D eigenvalue weighted by Crippen LogP contribution is -2.19. The minimum Gasteiger partial charge on any atom is -0.495 e. The van der Waals surface area contributed by atoms with Crippen molar-refractivity contribution in [2.24, 2.45) is 0 Å². The Labute approximate surface area is 185 Å². The fraction of sp³-hybridized carbons (Fsp3) is 0.217. The Hall–Kier alpha value is -3.43. The maximum atomic E-state index is 12.2. The standard InChI is InChI=1S/C23H23NO7S/c1-4-15-5-8-18-17(13-23(26)31-20(18)11-15)14-30-22(25)10-7-16-6-9-19(29-3)21(12-16)32(27,28)24-2/h5-13,24H,4,14H2,1-3H3/b10-7+. The van der Waals surface area contributed by atoms with Crippen LogP contribution in [0.3, 0.4) is 0 Å². The van der Waals surface area contributed by atoms with Crippen molar-refractivity contribution in [3.8, 4) is 5.75 Å². The lowest BCUT2D eigenvalue weighted by Gasteiger charge is -2.09. The molecule has 0 fully saturated rings. The highest BCUT2D eigenvalue weighted by Crippen LogP contribution is 2.25. The summed E-state index contributed by atoms with van der Waals surface area (Å²) in [5.74, 6) is -0.467. The molecular formula is C23H23NO7S. The van der Waals surface area contributed by atoms with Crippen molar-refractivity contribution in [1.82, 2.24) is 4.72 Å². The zero-order valence-corrected chi connectivity index (χ0v) is 18.7. The Bertz CT molecular complexity index is 1340. The van der Waals surface area contributed by atoms with Gasteiger partial charge in [0.05, 0.1) is 7.11 Å². The van der Waals surface area contributed by atoms with Crippen LogP contribution >= 0.6 is 0 Å². The van der Waals surface area contributed by atoms with Crippen molar-refractivity contribution < 1.29 is 27.1 Å². The number of benzene rings is 2. The summed E-state index contributed by atoms with van der Waals surface area (Å²) in [5, 5.41) is 0.690. The molecule has 0 unspecified atom stereocenters. The van der Waals surface area contributed by atoms with Crippen LogP contribution in [-0.2, 0) is 32.6 Å². The first-order valence-electron chi connectivity index (χ1n) is 9.79. The average Bonchev–Trinajstić information content (AvgIpc) is 2.80. The summed E-state index contributed by atoms with van der Waals surface area (Å²) in [6.45, 7) is 1.88. The van der Waals surface area contributed by atoms with E-state index in [4.69, 9.17) is 13.9 Å². The molecule has 168 valence electrons. The zero-order valence-electron chi connectivity index (χ0n) is 17.9. The van der Waals surface area contributed by atoms with Gasteiger partial charge in [0.1, 0.15) is 22.8 Å². The minimum atomic E-state index is -3.74. The fourth-order valence-corrected chi connectivity index (χ4v) is 4.02. The molecule has 0 spiro atoms. The van der Waals surface area contributed by atoms with Crippen molar-refractivity contribution in [3.05, 3.63) is 75.7 Å². The number of fused-ring (bicyclic) bond motifs is 1. The highest BCUT2D eigenvalue weighted by atomic mass is 32.2. The van der Waals surface area contributed by atoms with E-state index in [2.05, 4.69) is 4.72 Å².